The molecule has 0 bridgehead atoms. The fourth-order valence-electron chi connectivity index (χ4n) is 2.61. The first-order valence-electron chi connectivity index (χ1n) is 8.56. The molecule has 0 saturated heterocycles. The van der Waals surface area contributed by atoms with Crippen molar-refractivity contribution in [2.45, 2.75) is 39.5 Å². The first-order chi connectivity index (χ1) is 12.2. The molecule has 2 aromatic rings. The van der Waals surface area contributed by atoms with Crippen LogP contribution in [-0.4, -0.2) is 36.7 Å². The van der Waals surface area contributed by atoms with Gasteiger partial charge in [-0.2, -0.15) is 4.31 Å². The van der Waals surface area contributed by atoms with Gasteiger partial charge in [-0.05, 0) is 56.2 Å². The molecule has 0 spiro atoms. The largest absolute Gasteiger partial charge is 0.322 e. The summed E-state index contributed by atoms with van der Waals surface area (Å²) < 4.78 is 27.0. The van der Waals surface area contributed by atoms with Gasteiger partial charge in [-0.25, -0.2) is 8.42 Å². The van der Waals surface area contributed by atoms with Gasteiger partial charge in [-0.1, -0.05) is 13.8 Å². The minimum atomic E-state index is -3.60. The normalized spacial score (nSPS) is 11.6. The van der Waals surface area contributed by atoms with Crippen LogP contribution >= 0.6 is 0 Å². The van der Waals surface area contributed by atoms with Crippen LogP contribution in [0.1, 0.15) is 41.0 Å². The maximum absolute atomic E-state index is 12.8. The topological polar surface area (TPSA) is 79.4 Å². The van der Waals surface area contributed by atoms with Gasteiger partial charge >= 0.3 is 0 Å². The van der Waals surface area contributed by atoms with Gasteiger partial charge in [-0.3, -0.25) is 9.78 Å². The third kappa shape index (κ3) is 4.11. The molecule has 0 fully saturated rings. The van der Waals surface area contributed by atoms with Crippen molar-refractivity contribution in [1.82, 2.24) is 9.29 Å². The summed E-state index contributed by atoms with van der Waals surface area (Å²) in [5.74, 6) is -0.322. The highest BCUT2D eigenvalue weighted by atomic mass is 32.2. The highest BCUT2D eigenvalue weighted by molar-refractivity contribution is 7.89. The molecule has 6 nitrogen and oxygen atoms in total. The van der Waals surface area contributed by atoms with E-state index >= 15 is 0 Å². The number of nitrogens with zero attached hydrogens (tertiary/aromatic N) is 2. The molecule has 0 radical (unpaired) electrons. The summed E-state index contributed by atoms with van der Waals surface area (Å²) in [6, 6.07) is 6.62. The van der Waals surface area contributed by atoms with E-state index in [1.165, 1.54) is 16.6 Å². The van der Waals surface area contributed by atoms with Crippen molar-refractivity contribution < 1.29 is 13.2 Å². The Balaban J connectivity index is 2.42. The number of sulfonamides is 1. The van der Waals surface area contributed by atoms with E-state index in [1.54, 1.807) is 32.0 Å². The van der Waals surface area contributed by atoms with Crippen molar-refractivity contribution in [3.63, 3.8) is 0 Å². The standard InChI is InChI=1S/C19H25N3O3S/c1-6-22(7-2)26(24,25)17-10-13(3)15(5)18(11-17)21-19(23)16-9-8-14(4)20-12-16/h8-12H,6-7H2,1-5H3,(H,21,23). The summed E-state index contributed by atoms with van der Waals surface area (Å²) in [4.78, 5) is 16.8. The van der Waals surface area contributed by atoms with Crippen molar-refractivity contribution in [1.29, 1.82) is 0 Å². The van der Waals surface area contributed by atoms with E-state index in [-0.39, 0.29) is 10.8 Å². The lowest BCUT2D eigenvalue weighted by molar-refractivity contribution is 0.102. The van der Waals surface area contributed by atoms with Crippen LogP contribution in [0.4, 0.5) is 5.69 Å². The molecule has 140 valence electrons. The predicted molar refractivity (Wildman–Crippen MR) is 103 cm³/mol. The number of hydrogen-bond donors (Lipinski definition) is 1. The molecule has 0 saturated carbocycles. The molecule has 2 rings (SSSR count). The number of rotatable bonds is 6. The van der Waals surface area contributed by atoms with E-state index in [2.05, 4.69) is 10.3 Å². The average molecular weight is 375 g/mol. The van der Waals surface area contributed by atoms with Crippen LogP contribution < -0.4 is 5.32 Å². The summed E-state index contributed by atoms with van der Waals surface area (Å²) in [5, 5.41) is 2.81. The average Bonchev–Trinajstić information content (AvgIpc) is 2.60. The predicted octanol–water partition coefficient (Wildman–Crippen LogP) is 3.29. The van der Waals surface area contributed by atoms with Crippen molar-refractivity contribution in [3.05, 3.63) is 52.8 Å². The number of pyridine rings is 1. The number of aryl methyl sites for hydroxylation is 2. The fraction of sp³-hybridized carbons (Fsp3) is 0.368. The van der Waals surface area contributed by atoms with E-state index < -0.39 is 10.0 Å². The van der Waals surface area contributed by atoms with Gasteiger partial charge in [0.2, 0.25) is 10.0 Å². The number of carbonyl (C=O) groups excluding carboxylic acids is 1. The molecule has 0 unspecified atom stereocenters. The molecule has 1 aromatic carbocycles. The second-order valence-corrected chi connectivity index (χ2v) is 8.08. The molecular formula is C19H25N3O3S. The summed E-state index contributed by atoms with van der Waals surface area (Å²) in [6.07, 6.45) is 1.50. The Morgan fingerprint density at radius 3 is 2.31 bits per heavy atom. The van der Waals surface area contributed by atoms with Crippen LogP contribution in [-0.2, 0) is 10.0 Å². The van der Waals surface area contributed by atoms with Gasteiger partial charge in [0.25, 0.3) is 5.91 Å². The summed E-state index contributed by atoms with van der Waals surface area (Å²) in [5.41, 5.74) is 3.36. The van der Waals surface area contributed by atoms with Crippen LogP contribution in [0.2, 0.25) is 0 Å². The first-order valence-corrected chi connectivity index (χ1v) is 10.00. The van der Waals surface area contributed by atoms with Crippen LogP contribution in [0.3, 0.4) is 0 Å². The quantitative estimate of drug-likeness (QED) is 0.840. The van der Waals surface area contributed by atoms with E-state index in [4.69, 9.17) is 0 Å². The monoisotopic (exact) mass is 375 g/mol. The third-order valence-electron chi connectivity index (χ3n) is 4.41. The molecule has 1 N–H and O–H groups in total. The molecule has 0 aliphatic heterocycles. The van der Waals surface area contributed by atoms with Gasteiger partial charge in [-0.15, -0.1) is 0 Å². The number of amides is 1. The molecule has 26 heavy (non-hydrogen) atoms. The van der Waals surface area contributed by atoms with Crippen LogP contribution in [0.25, 0.3) is 0 Å². The number of aromatic nitrogens is 1. The van der Waals surface area contributed by atoms with Crippen LogP contribution in [0, 0.1) is 20.8 Å². The zero-order chi connectivity index (χ0) is 19.5. The molecule has 0 aliphatic carbocycles. The SMILES string of the molecule is CCN(CC)S(=O)(=O)c1cc(C)c(C)c(NC(=O)c2ccc(C)nc2)c1. The Morgan fingerprint density at radius 1 is 1.12 bits per heavy atom. The van der Waals surface area contributed by atoms with Gasteiger partial charge in [0.1, 0.15) is 0 Å². The maximum Gasteiger partial charge on any atom is 0.257 e. The first kappa shape index (κ1) is 20.1. The van der Waals surface area contributed by atoms with Crippen molar-refractivity contribution in [3.8, 4) is 0 Å². The Bertz CT molecular complexity index is 902. The second-order valence-electron chi connectivity index (χ2n) is 6.14. The zero-order valence-electron chi connectivity index (χ0n) is 15.8. The molecule has 0 aliphatic rings. The van der Waals surface area contributed by atoms with Gasteiger partial charge in [0, 0.05) is 30.7 Å². The van der Waals surface area contributed by atoms with E-state index in [0.29, 0.717) is 24.3 Å². The zero-order valence-corrected chi connectivity index (χ0v) is 16.6. The number of nitrogens with one attached hydrogen (secondary N) is 1. The van der Waals surface area contributed by atoms with Crippen molar-refractivity contribution in [2.75, 3.05) is 18.4 Å². The number of anilines is 1. The summed E-state index contributed by atoms with van der Waals surface area (Å²) >= 11 is 0. The minimum absolute atomic E-state index is 0.182. The molecule has 0 atom stereocenters. The lowest BCUT2D eigenvalue weighted by atomic mass is 10.1. The maximum atomic E-state index is 12.8. The van der Waals surface area contributed by atoms with E-state index in [1.807, 2.05) is 20.8 Å². The van der Waals surface area contributed by atoms with Gasteiger partial charge in [0.05, 0.1) is 10.5 Å². The number of benzene rings is 1. The molecular weight excluding hydrogens is 350 g/mol. The van der Waals surface area contributed by atoms with Crippen LogP contribution in [0.15, 0.2) is 35.4 Å². The second kappa shape index (κ2) is 7.97. The smallest absolute Gasteiger partial charge is 0.257 e. The molecule has 1 aromatic heterocycles. The van der Waals surface area contributed by atoms with E-state index in [9.17, 15) is 13.2 Å². The Kier molecular flexibility index (Phi) is 6.15. The minimum Gasteiger partial charge on any atom is -0.322 e. The van der Waals surface area contributed by atoms with Crippen LogP contribution in [0.5, 0.6) is 0 Å². The molecule has 1 amide bonds. The van der Waals surface area contributed by atoms with E-state index in [0.717, 1.165) is 16.8 Å². The lowest BCUT2D eigenvalue weighted by Gasteiger charge is -2.20. The summed E-state index contributed by atoms with van der Waals surface area (Å²) in [6.45, 7) is 9.91. The Labute approximate surface area is 155 Å². The summed E-state index contributed by atoms with van der Waals surface area (Å²) in [7, 11) is -3.60. The third-order valence-corrected chi connectivity index (χ3v) is 6.43. The van der Waals surface area contributed by atoms with Gasteiger partial charge in [0.15, 0.2) is 0 Å². The molecule has 7 heteroatoms. The number of carbonyl (C=O) groups is 1. The highest BCUT2D eigenvalue weighted by Crippen LogP contribution is 2.26. The van der Waals surface area contributed by atoms with Gasteiger partial charge < -0.3 is 5.32 Å². The van der Waals surface area contributed by atoms with Crippen molar-refractivity contribution in [2.24, 2.45) is 0 Å². The highest BCUT2D eigenvalue weighted by Gasteiger charge is 2.23. The Hall–Kier alpha value is -2.25. The lowest BCUT2D eigenvalue weighted by Crippen LogP contribution is -2.30. The Morgan fingerprint density at radius 2 is 1.77 bits per heavy atom. The fourth-order valence-corrected chi connectivity index (χ4v) is 4.18. The van der Waals surface area contributed by atoms with Crippen molar-refractivity contribution >= 4 is 21.6 Å². The molecule has 1 heterocycles. The number of hydrogen-bond acceptors (Lipinski definition) is 4.